The minimum atomic E-state index is -4.51. The zero-order valence-electron chi connectivity index (χ0n) is 11.0. The molecule has 0 bridgehead atoms. The fourth-order valence-corrected chi connectivity index (χ4v) is 1.52. The van der Waals surface area contributed by atoms with Gasteiger partial charge in [-0.05, 0) is 0 Å². The van der Waals surface area contributed by atoms with Crippen LogP contribution in [0.4, 0.5) is 39.5 Å². The molecule has 0 fully saturated rings. The summed E-state index contributed by atoms with van der Waals surface area (Å²) in [6.07, 6.45) is -7.15. The van der Waals surface area contributed by atoms with Gasteiger partial charge in [-0.2, -0.15) is 8.78 Å². The fourth-order valence-electron chi connectivity index (χ4n) is 1.52. The van der Waals surface area contributed by atoms with E-state index in [2.05, 4.69) is 4.74 Å². The van der Waals surface area contributed by atoms with Gasteiger partial charge < -0.3 is 9.84 Å². The molecule has 1 rings (SSSR count). The molecule has 0 saturated heterocycles. The van der Waals surface area contributed by atoms with Crippen molar-refractivity contribution in [1.29, 1.82) is 0 Å². The third-order valence-corrected chi connectivity index (χ3v) is 2.66. The summed E-state index contributed by atoms with van der Waals surface area (Å²) < 4.78 is 118. The number of halogens is 9. The van der Waals surface area contributed by atoms with Crippen molar-refractivity contribution in [2.75, 3.05) is 13.2 Å². The highest BCUT2D eigenvalue weighted by Gasteiger charge is 2.41. The van der Waals surface area contributed by atoms with Crippen LogP contribution < -0.4 is 0 Å². The van der Waals surface area contributed by atoms with Crippen LogP contribution in [-0.4, -0.2) is 36.8 Å². The van der Waals surface area contributed by atoms with E-state index in [-0.39, 0.29) is 0 Å². The highest BCUT2D eigenvalue weighted by molar-refractivity contribution is 5.24. The van der Waals surface area contributed by atoms with Crippen molar-refractivity contribution in [1.82, 2.24) is 0 Å². The molecule has 23 heavy (non-hydrogen) atoms. The van der Waals surface area contributed by atoms with Gasteiger partial charge in [-0.25, -0.2) is 30.7 Å². The number of hydrogen-bond donors (Lipinski definition) is 1. The van der Waals surface area contributed by atoms with Crippen molar-refractivity contribution in [3.8, 4) is 0 Å². The van der Waals surface area contributed by atoms with Gasteiger partial charge in [-0.3, -0.25) is 0 Å². The summed E-state index contributed by atoms with van der Waals surface area (Å²) in [6, 6.07) is 0. The lowest BCUT2D eigenvalue weighted by Gasteiger charge is -2.17. The summed E-state index contributed by atoms with van der Waals surface area (Å²) in [7, 11) is 0. The van der Waals surface area contributed by atoms with Crippen LogP contribution in [0.1, 0.15) is 5.56 Å². The number of aliphatic hydroxyl groups is 1. The van der Waals surface area contributed by atoms with Gasteiger partial charge in [0.25, 0.3) is 0 Å². The monoisotopic (exact) mass is 356 g/mol. The van der Waals surface area contributed by atoms with Crippen molar-refractivity contribution >= 4 is 0 Å². The number of alkyl halides is 4. The molecule has 0 aliphatic carbocycles. The van der Waals surface area contributed by atoms with Crippen molar-refractivity contribution < 1.29 is 49.4 Å². The smallest absolute Gasteiger partial charge is 0.330 e. The van der Waals surface area contributed by atoms with Gasteiger partial charge in [0.1, 0.15) is 6.61 Å². The molecule has 0 radical (unpaired) electrons. The molecule has 132 valence electrons. The molecule has 0 aromatic heterocycles. The van der Waals surface area contributed by atoms with Gasteiger partial charge in [0.2, 0.25) is 5.82 Å². The molecule has 0 saturated carbocycles. The van der Waals surface area contributed by atoms with Crippen LogP contribution in [0.5, 0.6) is 0 Å². The van der Waals surface area contributed by atoms with Gasteiger partial charge in [-0.1, -0.05) is 0 Å². The first-order valence-corrected chi connectivity index (χ1v) is 5.91. The maximum Gasteiger partial charge on any atom is 0.330 e. The van der Waals surface area contributed by atoms with E-state index in [1.54, 1.807) is 0 Å². The van der Waals surface area contributed by atoms with Crippen LogP contribution >= 0.6 is 0 Å². The molecule has 0 amide bonds. The molecule has 1 unspecified atom stereocenters. The average molecular weight is 356 g/mol. The van der Waals surface area contributed by atoms with Crippen LogP contribution in [0.15, 0.2) is 0 Å². The largest absolute Gasteiger partial charge is 0.390 e. The first kappa shape index (κ1) is 19.6. The Bertz CT molecular complexity index is 533. The molecule has 1 aromatic rings. The van der Waals surface area contributed by atoms with E-state index in [1.807, 2.05) is 0 Å². The quantitative estimate of drug-likeness (QED) is 0.462. The Morgan fingerprint density at radius 2 is 1.30 bits per heavy atom. The van der Waals surface area contributed by atoms with Gasteiger partial charge >= 0.3 is 12.3 Å². The van der Waals surface area contributed by atoms with Gasteiger partial charge in [0.05, 0.1) is 12.7 Å². The normalized spacial score (nSPS) is 13.7. The van der Waals surface area contributed by atoms with Crippen LogP contribution in [0.3, 0.4) is 0 Å². The second-order valence-corrected chi connectivity index (χ2v) is 4.48. The predicted octanol–water partition coefficient (Wildman–Crippen LogP) is 3.20. The van der Waals surface area contributed by atoms with E-state index in [9.17, 15) is 44.6 Å². The van der Waals surface area contributed by atoms with Crippen LogP contribution in [0.25, 0.3) is 0 Å². The summed E-state index contributed by atoms with van der Waals surface area (Å²) in [4.78, 5) is 0. The zero-order valence-corrected chi connectivity index (χ0v) is 11.0. The molecule has 0 heterocycles. The van der Waals surface area contributed by atoms with Crippen molar-refractivity contribution in [2.45, 2.75) is 24.9 Å². The van der Waals surface area contributed by atoms with E-state index in [0.717, 1.165) is 0 Å². The third kappa shape index (κ3) is 4.50. The Morgan fingerprint density at radius 1 is 0.870 bits per heavy atom. The second kappa shape index (κ2) is 7.39. The number of hydrogen-bond acceptors (Lipinski definition) is 2. The Labute approximate surface area is 123 Å². The Hall–Kier alpha value is -1.49. The molecule has 1 atom stereocenters. The fraction of sp³-hybridized carbons (Fsp3) is 0.500. The Balaban J connectivity index is 2.74. The van der Waals surface area contributed by atoms with E-state index < -0.39 is 72.7 Å². The maximum atomic E-state index is 13.3. The minimum Gasteiger partial charge on any atom is -0.390 e. The standard InChI is InChI=1S/C12H9F9O2/c13-6-5(7(14)9(16)10(17)8(6)15)1-4(22)2-23-3-12(20,21)11(18)19/h4,11,22H,1-3H2. The summed E-state index contributed by atoms with van der Waals surface area (Å²) in [5.74, 6) is -15.8. The van der Waals surface area contributed by atoms with Gasteiger partial charge in [0, 0.05) is 12.0 Å². The minimum absolute atomic E-state index is 1.08. The van der Waals surface area contributed by atoms with Gasteiger partial charge in [-0.15, -0.1) is 0 Å². The molecule has 0 spiro atoms. The first-order chi connectivity index (χ1) is 10.5. The molecular weight excluding hydrogens is 347 g/mol. The van der Waals surface area contributed by atoms with E-state index in [0.29, 0.717) is 0 Å². The average Bonchev–Trinajstić information content (AvgIpc) is 2.47. The lowest BCUT2D eigenvalue weighted by Crippen LogP contribution is -2.34. The van der Waals surface area contributed by atoms with Crippen LogP contribution in [0, 0.1) is 29.1 Å². The maximum absolute atomic E-state index is 13.3. The summed E-state index contributed by atoms with van der Waals surface area (Å²) in [6.45, 7) is -2.87. The van der Waals surface area contributed by atoms with Crippen molar-refractivity contribution in [3.05, 3.63) is 34.6 Å². The Kier molecular flexibility index (Phi) is 6.28. The highest BCUT2D eigenvalue weighted by Crippen LogP contribution is 2.25. The number of rotatable bonds is 7. The van der Waals surface area contributed by atoms with E-state index >= 15 is 0 Å². The summed E-state index contributed by atoms with van der Waals surface area (Å²) >= 11 is 0. The number of ether oxygens (including phenoxy) is 1. The topological polar surface area (TPSA) is 29.5 Å². The highest BCUT2D eigenvalue weighted by atomic mass is 19.3. The molecule has 2 nitrogen and oxygen atoms in total. The van der Waals surface area contributed by atoms with Crippen molar-refractivity contribution in [3.63, 3.8) is 0 Å². The van der Waals surface area contributed by atoms with E-state index in [4.69, 9.17) is 0 Å². The Morgan fingerprint density at radius 3 is 1.74 bits per heavy atom. The predicted molar refractivity (Wildman–Crippen MR) is 57.7 cm³/mol. The van der Waals surface area contributed by atoms with Gasteiger partial charge in [0.15, 0.2) is 23.3 Å². The van der Waals surface area contributed by atoms with Crippen molar-refractivity contribution in [2.24, 2.45) is 0 Å². The second-order valence-electron chi connectivity index (χ2n) is 4.48. The molecular formula is C12H9F9O2. The molecule has 11 heteroatoms. The third-order valence-electron chi connectivity index (χ3n) is 2.66. The molecule has 1 N–H and O–H groups in total. The first-order valence-electron chi connectivity index (χ1n) is 5.91. The number of benzene rings is 1. The lowest BCUT2D eigenvalue weighted by molar-refractivity contribution is -0.170. The lowest BCUT2D eigenvalue weighted by atomic mass is 10.1. The van der Waals surface area contributed by atoms with E-state index in [1.165, 1.54) is 0 Å². The zero-order chi connectivity index (χ0) is 17.9. The van der Waals surface area contributed by atoms with Crippen LogP contribution in [-0.2, 0) is 11.2 Å². The summed E-state index contributed by atoms with van der Waals surface area (Å²) in [5, 5.41) is 9.31. The summed E-state index contributed by atoms with van der Waals surface area (Å²) in [5.41, 5.74) is -1.38. The SMILES string of the molecule is OC(COCC(F)(F)C(F)F)Cc1c(F)c(F)c(F)c(F)c1F. The number of aliphatic hydroxyl groups excluding tert-OH is 1. The molecule has 0 aliphatic heterocycles. The van der Waals surface area contributed by atoms with Crippen LogP contribution in [0.2, 0.25) is 0 Å². The molecule has 0 aliphatic rings. The molecule has 1 aromatic carbocycles.